The first-order chi connectivity index (χ1) is 35.2. The van der Waals surface area contributed by atoms with Crippen molar-refractivity contribution >= 4 is 51.8 Å². The lowest BCUT2D eigenvalue weighted by atomic mass is 9.35. The molecular formula is C69H72BN3O. The van der Waals surface area contributed by atoms with Crippen LogP contribution in [-0.2, 0) is 28.1 Å². The van der Waals surface area contributed by atoms with Crippen molar-refractivity contribution in [2.24, 2.45) is 10.9 Å². The van der Waals surface area contributed by atoms with Gasteiger partial charge in [0.1, 0.15) is 11.5 Å². The van der Waals surface area contributed by atoms with E-state index < -0.39 is 0 Å². The van der Waals surface area contributed by atoms with Crippen molar-refractivity contribution in [1.82, 2.24) is 0 Å². The summed E-state index contributed by atoms with van der Waals surface area (Å²) in [6.45, 7) is 27.3. The van der Waals surface area contributed by atoms with E-state index in [1.807, 2.05) is 0 Å². The molecule has 5 heteroatoms. The minimum absolute atomic E-state index is 0.0418. The van der Waals surface area contributed by atoms with Crippen LogP contribution in [0.15, 0.2) is 204 Å². The van der Waals surface area contributed by atoms with E-state index in [4.69, 9.17) is 9.73 Å². The number of hydrogen-bond donors (Lipinski definition) is 0. The van der Waals surface area contributed by atoms with Crippen molar-refractivity contribution in [3.63, 3.8) is 0 Å². The molecule has 0 amide bonds. The Morgan fingerprint density at radius 1 is 0.581 bits per heavy atom. The third-order valence-corrected chi connectivity index (χ3v) is 15.9. The van der Waals surface area contributed by atoms with E-state index in [0.29, 0.717) is 0 Å². The molecular weight excluding hydrogens is 898 g/mol. The molecule has 3 heterocycles. The molecule has 7 aromatic carbocycles. The second-order valence-corrected chi connectivity index (χ2v) is 25.3. The molecule has 7 aromatic rings. The molecule has 3 aliphatic heterocycles. The minimum Gasteiger partial charge on any atom is -0.458 e. The molecule has 4 nitrogen and oxygen atoms in total. The van der Waals surface area contributed by atoms with Gasteiger partial charge in [0.2, 0.25) is 0 Å². The monoisotopic (exact) mass is 970 g/mol. The van der Waals surface area contributed by atoms with E-state index in [9.17, 15) is 0 Å². The van der Waals surface area contributed by atoms with Crippen LogP contribution in [0.1, 0.15) is 129 Å². The van der Waals surface area contributed by atoms with Gasteiger partial charge in [0.15, 0.2) is 0 Å². The Hall–Kier alpha value is -7.11. The van der Waals surface area contributed by atoms with Crippen LogP contribution in [0.3, 0.4) is 0 Å². The van der Waals surface area contributed by atoms with Gasteiger partial charge in [0.05, 0.1) is 0 Å². The van der Waals surface area contributed by atoms with Gasteiger partial charge in [0, 0.05) is 63.3 Å². The summed E-state index contributed by atoms with van der Waals surface area (Å²) >= 11 is 0. The first kappa shape index (κ1) is 49.1. The highest BCUT2D eigenvalue weighted by molar-refractivity contribution is 6.94. The lowest BCUT2D eigenvalue weighted by molar-refractivity contribution is 0.487. The van der Waals surface area contributed by atoms with Crippen molar-refractivity contribution in [3.8, 4) is 11.5 Å². The average Bonchev–Trinajstić information content (AvgIpc) is 3.61. The van der Waals surface area contributed by atoms with E-state index in [1.165, 1.54) is 50.1 Å². The Morgan fingerprint density at radius 3 is 1.69 bits per heavy atom. The van der Waals surface area contributed by atoms with Gasteiger partial charge in [-0.05, 0) is 145 Å². The molecule has 1 aliphatic carbocycles. The van der Waals surface area contributed by atoms with E-state index in [1.54, 1.807) is 0 Å². The number of benzene rings is 7. The molecule has 11 rings (SSSR count). The van der Waals surface area contributed by atoms with Gasteiger partial charge in [0.25, 0.3) is 6.71 Å². The topological polar surface area (TPSA) is 28.1 Å². The Labute approximate surface area is 442 Å². The Morgan fingerprint density at radius 2 is 1.12 bits per heavy atom. The van der Waals surface area contributed by atoms with Crippen LogP contribution < -0.4 is 25.5 Å². The molecule has 0 fully saturated rings. The number of anilines is 5. The van der Waals surface area contributed by atoms with Gasteiger partial charge in [-0.15, -0.1) is 0 Å². The fourth-order valence-corrected chi connectivity index (χ4v) is 11.5. The van der Waals surface area contributed by atoms with Crippen molar-refractivity contribution < 1.29 is 4.74 Å². The zero-order valence-corrected chi connectivity index (χ0v) is 45.7. The first-order valence-corrected chi connectivity index (χ1v) is 26.9. The van der Waals surface area contributed by atoms with E-state index >= 15 is 0 Å². The summed E-state index contributed by atoms with van der Waals surface area (Å²) in [4.78, 5) is 10.8. The van der Waals surface area contributed by atoms with E-state index in [-0.39, 0.29) is 40.2 Å². The lowest BCUT2D eigenvalue weighted by Gasteiger charge is -2.40. The number of fused-ring (bicyclic) bond motifs is 5. The van der Waals surface area contributed by atoms with Crippen LogP contribution in [0.2, 0.25) is 0 Å². The molecule has 0 aromatic heterocycles. The molecule has 2 unspecified atom stereocenters. The molecule has 4 aliphatic rings. The second-order valence-electron chi connectivity index (χ2n) is 25.3. The minimum atomic E-state index is -0.123. The predicted molar refractivity (Wildman–Crippen MR) is 315 cm³/mol. The number of allylic oxidation sites excluding steroid dienone is 5. The van der Waals surface area contributed by atoms with Crippen LogP contribution in [0.25, 0.3) is 0 Å². The highest BCUT2D eigenvalue weighted by Crippen LogP contribution is 2.49. The molecule has 74 heavy (non-hydrogen) atoms. The quantitative estimate of drug-likeness (QED) is 0.142. The summed E-state index contributed by atoms with van der Waals surface area (Å²) in [7, 11) is 0. The second kappa shape index (κ2) is 18.4. The number of para-hydroxylation sites is 1. The third-order valence-electron chi connectivity index (χ3n) is 15.9. The number of ether oxygens (including phenoxy) is 1. The maximum atomic E-state index is 7.15. The predicted octanol–water partition coefficient (Wildman–Crippen LogP) is 16.9. The maximum absolute atomic E-state index is 7.15. The van der Waals surface area contributed by atoms with Crippen LogP contribution in [0, 0.1) is 5.92 Å². The first-order valence-electron chi connectivity index (χ1n) is 26.9. The van der Waals surface area contributed by atoms with Crippen LogP contribution in [0.5, 0.6) is 11.5 Å². The molecule has 0 saturated heterocycles. The number of nitrogens with zero attached hydrogens (tertiary/aromatic N) is 3. The van der Waals surface area contributed by atoms with Crippen molar-refractivity contribution in [2.45, 2.75) is 124 Å². The fraction of sp³-hybridized carbons (Fsp3) is 0.290. The Balaban J connectivity index is 1.04. The summed E-state index contributed by atoms with van der Waals surface area (Å²) in [5, 5.41) is 0. The van der Waals surface area contributed by atoms with E-state index in [2.05, 4.69) is 275 Å². The summed E-state index contributed by atoms with van der Waals surface area (Å²) in [5.74, 6) is 1.92. The molecule has 0 saturated carbocycles. The van der Waals surface area contributed by atoms with Gasteiger partial charge in [-0.25, -0.2) is 0 Å². The highest BCUT2D eigenvalue weighted by atomic mass is 16.5. The van der Waals surface area contributed by atoms with E-state index in [0.717, 1.165) is 69.5 Å². The SMILES string of the molecule is CC(C)(C)c1ccc(CC(C2=CC3=NC4=C(C3CC=C2)N(c2ccccc2)c2cccc3c2B4c2ccc(N(c4ccc(C(C)(C)C)cc4)c4ccc(C(C)(C)C)cc4)cc2O3)c2ccc(C(C)(C)C)cc2)cc1. The normalized spacial score (nSPS) is 16.6. The van der Waals surface area contributed by atoms with Crippen molar-refractivity contribution in [3.05, 3.63) is 232 Å². The smallest absolute Gasteiger partial charge is 0.279 e. The van der Waals surface area contributed by atoms with Gasteiger partial charge in [-0.2, -0.15) is 0 Å². The summed E-state index contributed by atoms with van der Waals surface area (Å²) in [5.41, 5.74) is 20.8. The maximum Gasteiger partial charge on any atom is 0.279 e. The molecule has 0 N–H and O–H groups in total. The molecule has 2 atom stereocenters. The zero-order valence-electron chi connectivity index (χ0n) is 45.7. The fourth-order valence-electron chi connectivity index (χ4n) is 11.5. The highest BCUT2D eigenvalue weighted by Gasteiger charge is 2.48. The molecule has 0 spiro atoms. The lowest BCUT2D eigenvalue weighted by Crippen LogP contribution is -2.53. The standard InChI is InChI=1S/C69H72BN3O/c1-66(2,3)48-28-24-45(25-29-48)42-57(46-26-30-49(31-27-46)67(4,5)6)47-18-16-21-56-59(43-47)71-65-64(56)73(52-19-14-13-15-20-52)60-22-17-23-61-63(60)70(65)58-41-40-55(44-62(58)74-61)72(53-36-32-50(33-37-53)68(7,8)9)54-38-34-51(35-39-54)69(10,11)12/h13-20,22-41,43-44,56-57H,21,42H2,1-12H3. The van der Waals surface area contributed by atoms with Gasteiger partial charge >= 0.3 is 0 Å². The average molecular weight is 970 g/mol. The molecule has 0 bridgehead atoms. The van der Waals surface area contributed by atoms with Crippen molar-refractivity contribution in [1.29, 1.82) is 0 Å². The van der Waals surface area contributed by atoms with Gasteiger partial charge in [-0.1, -0.05) is 198 Å². The van der Waals surface area contributed by atoms with Crippen LogP contribution >= 0.6 is 0 Å². The largest absolute Gasteiger partial charge is 0.458 e. The Kier molecular flexibility index (Phi) is 12.2. The van der Waals surface area contributed by atoms with Gasteiger partial charge in [-0.3, -0.25) is 4.99 Å². The number of aliphatic imine (C=N–C) groups is 1. The third kappa shape index (κ3) is 9.18. The molecule has 372 valence electrons. The molecule has 0 radical (unpaired) electrons. The van der Waals surface area contributed by atoms with Crippen molar-refractivity contribution in [2.75, 3.05) is 9.80 Å². The summed E-state index contributed by atoms with van der Waals surface area (Å²) in [6.07, 6.45) is 9.00. The van der Waals surface area contributed by atoms with Crippen LogP contribution in [-0.4, -0.2) is 12.4 Å². The Bertz CT molecular complexity index is 3310. The summed E-state index contributed by atoms with van der Waals surface area (Å²) in [6, 6.07) is 61.3. The number of hydrogen-bond acceptors (Lipinski definition) is 4. The number of rotatable bonds is 8. The van der Waals surface area contributed by atoms with Crippen LogP contribution in [0.4, 0.5) is 28.4 Å². The zero-order chi connectivity index (χ0) is 51.9. The van der Waals surface area contributed by atoms with Gasteiger partial charge < -0.3 is 14.5 Å². The summed E-state index contributed by atoms with van der Waals surface area (Å²) < 4.78 is 7.15.